The van der Waals surface area contributed by atoms with E-state index in [1.165, 1.54) is 4.57 Å². The molecule has 26 heavy (non-hydrogen) atoms. The quantitative estimate of drug-likeness (QED) is 0.783. The Bertz CT molecular complexity index is 963. The van der Waals surface area contributed by atoms with Gasteiger partial charge in [0.2, 0.25) is 11.8 Å². The molecule has 0 saturated carbocycles. The lowest BCUT2D eigenvalue weighted by atomic mass is 10.0. The van der Waals surface area contributed by atoms with Crippen molar-refractivity contribution in [1.82, 2.24) is 14.4 Å². The van der Waals surface area contributed by atoms with Gasteiger partial charge in [-0.3, -0.25) is 14.2 Å². The van der Waals surface area contributed by atoms with Crippen molar-refractivity contribution in [3.63, 3.8) is 0 Å². The van der Waals surface area contributed by atoms with Crippen LogP contribution in [0.4, 0.5) is 0 Å². The van der Waals surface area contributed by atoms with Crippen LogP contribution in [0.3, 0.4) is 0 Å². The molecule has 3 aliphatic heterocycles. The van der Waals surface area contributed by atoms with E-state index in [9.17, 15) is 14.4 Å². The van der Waals surface area contributed by atoms with E-state index in [0.717, 1.165) is 6.42 Å². The first kappa shape index (κ1) is 15.6. The van der Waals surface area contributed by atoms with Crippen molar-refractivity contribution in [3.8, 4) is 0 Å². The fraction of sp³-hybridized carbons (Fsp3) is 0.500. The van der Waals surface area contributed by atoms with E-state index in [1.807, 2.05) is 0 Å². The lowest BCUT2D eigenvalue weighted by Gasteiger charge is -2.42. The van der Waals surface area contributed by atoms with Gasteiger partial charge in [0, 0.05) is 19.5 Å². The number of oxazole rings is 1. The highest BCUT2D eigenvalue weighted by molar-refractivity contribution is 5.85. The van der Waals surface area contributed by atoms with Crippen LogP contribution < -0.4 is 5.76 Å². The molecule has 4 heterocycles. The normalized spacial score (nSPS) is 27.8. The number of fused-ring (bicyclic) bond motifs is 1. The standard InChI is InChI=1S/C18H19N3O5/c22-15-10-14-18(21(15)7-3-9-25-18)6-8-19(14)16(23)11-20-12-4-1-2-5-13(12)26-17(20)24/h1-2,4-5,14H,3,6-11H2/t14-,18+/m1/s1. The van der Waals surface area contributed by atoms with Gasteiger partial charge in [-0.1, -0.05) is 12.1 Å². The molecule has 3 saturated heterocycles. The molecule has 2 atom stereocenters. The molecule has 5 rings (SSSR count). The van der Waals surface area contributed by atoms with Gasteiger partial charge < -0.3 is 19.0 Å². The molecule has 136 valence electrons. The highest BCUT2D eigenvalue weighted by Crippen LogP contribution is 2.44. The zero-order valence-electron chi connectivity index (χ0n) is 14.2. The number of para-hydroxylation sites is 2. The van der Waals surface area contributed by atoms with Crippen molar-refractivity contribution < 1.29 is 18.7 Å². The van der Waals surface area contributed by atoms with Gasteiger partial charge in [0.05, 0.1) is 24.6 Å². The lowest BCUT2D eigenvalue weighted by Crippen LogP contribution is -2.56. The third-order valence-electron chi connectivity index (χ3n) is 5.80. The minimum Gasteiger partial charge on any atom is -0.408 e. The van der Waals surface area contributed by atoms with Crippen LogP contribution in [0.15, 0.2) is 33.5 Å². The van der Waals surface area contributed by atoms with Crippen molar-refractivity contribution in [3.05, 3.63) is 34.8 Å². The zero-order chi connectivity index (χ0) is 17.9. The highest BCUT2D eigenvalue weighted by atomic mass is 16.5. The van der Waals surface area contributed by atoms with Gasteiger partial charge in [0.1, 0.15) is 6.54 Å². The molecule has 0 radical (unpaired) electrons. The minimum atomic E-state index is -0.672. The summed E-state index contributed by atoms with van der Waals surface area (Å²) in [6.07, 6.45) is 1.73. The van der Waals surface area contributed by atoms with Crippen LogP contribution in [-0.2, 0) is 20.9 Å². The minimum absolute atomic E-state index is 0.0399. The SMILES string of the molecule is O=C(Cn1c(=O)oc2ccccc21)N1CC[C@@]23OCCCN2C(=O)C[C@@H]13. The summed E-state index contributed by atoms with van der Waals surface area (Å²) in [6, 6.07) is 6.75. The van der Waals surface area contributed by atoms with E-state index in [2.05, 4.69) is 0 Å². The number of hydrogen-bond donors (Lipinski definition) is 0. The molecule has 2 aromatic rings. The van der Waals surface area contributed by atoms with Gasteiger partial charge in [-0.25, -0.2) is 4.79 Å². The Labute approximate surface area is 148 Å². The fourth-order valence-electron chi connectivity index (χ4n) is 4.64. The van der Waals surface area contributed by atoms with Crippen molar-refractivity contribution in [2.45, 2.75) is 37.6 Å². The number of amides is 2. The topological polar surface area (TPSA) is 85.0 Å². The highest BCUT2D eigenvalue weighted by Gasteiger charge is 2.61. The van der Waals surface area contributed by atoms with Gasteiger partial charge in [0.15, 0.2) is 11.3 Å². The molecule has 2 amide bonds. The molecule has 1 aromatic heterocycles. The van der Waals surface area contributed by atoms with Crippen molar-refractivity contribution >= 4 is 22.9 Å². The largest absolute Gasteiger partial charge is 0.420 e. The first-order valence-electron chi connectivity index (χ1n) is 8.92. The Balaban J connectivity index is 1.44. The van der Waals surface area contributed by atoms with Gasteiger partial charge in [-0.15, -0.1) is 0 Å². The summed E-state index contributed by atoms with van der Waals surface area (Å²) in [5.74, 6) is -0.700. The fourth-order valence-corrected chi connectivity index (χ4v) is 4.64. The summed E-state index contributed by atoms with van der Waals surface area (Å²) in [7, 11) is 0. The van der Waals surface area contributed by atoms with Crippen molar-refractivity contribution in [2.75, 3.05) is 19.7 Å². The molecule has 1 spiro atoms. The molecule has 0 aliphatic carbocycles. The van der Waals surface area contributed by atoms with Crippen LogP contribution in [0.1, 0.15) is 19.3 Å². The van der Waals surface area contributed by atoms with Gasteiger partial charge in [0.25, 0.3) is 0 Å². The Kier molecular flexibility index (Phi) is 3.27. The van der Waals surface area contributed by atoms with Crippen LogP contribution in [0.2, 0.25) is 0 Å². The second kappa shape index (κ2) is 5.44. The molecule has 1 aromatic carbocycles. The number of carbonyl (C=O) groups is 2. The maximum absolute atomic E-state index is 13.0. The lowest BCUT2D eigenvalue weighted by molar-refractivity contribution is -0.181. The number of rotatable bonds is 2. The monoisotopic (exact) mass is 357 g/mol. The summed E-state index contributed by atoms with van der Waals surface area (Å²) in [4.78, 5) is 41.0. The Morgan fingerprint density at radius 3 is 2.96 bits per heavy atom. The summed E-state index contributed by atoms with van der Waals surface area (Å²) >= 11 is 0. The van der Waals surface area contributed by atoms with E-state index in [0.29, 0.717) is 37.2 Å². The van der Waals surface area contributed by atoms with E-state index in [-0.39, 0.29) is 30.8 Å². The second-order valence-electron chi connectivity index (χ2n) is 7.07. The predicted molar refractivity (Wildman–Crippen MR) is 90.2 cm³/mol. The molecule has 8 nitrogen and oxygen atoms in total. The molecule has 0 N–H and O–H groups in total. The summed E-state index contributed by atoms with van der Waals surface area (Å²) < 4.78 is 12.6. The second-order valence-corrected chi connectivity index (χ2v) is 7.07. The average molecular weight is 357 g/mol. The van der Waals surface area contributed by atoms with Crippen molar-refractivity contribution in [2.24, 2.45) is 0 Å². The van der Waals surface area contributed by atoms with E-state index in [1.54, 1.807) is 34.1 Å². The van der Waals surface area contributed by atoms with Gasteiger partial charge >= 0.3 is 5.76 Å². The summed E-state index contributed by atoms with van der Waals surface area (Å²) in [5, 5.41) is 0. The van der Waals surface area contributed by atoms with E-state index in [4.69, 9.17) is 9.15 Å². The van der Waals surface area contributed by atoms with Crippen molar-refractivity contribution in [1.29, 1.82) is 0 Å². The number of ether oxygens (including phenoxy) is 1. The molecule has 0 bridgehead atoms. The van der Waals surface area contributed by atoms with E-state index >= 15 is 0 Å². The Hall–Kier alpha value is -2.61. The number of carbonyl (C=O) groups excluding carboxylic acids is 2. The summed E-state index contributed by atoms with van der Waals surface area (Å²) in [6.45, 7) is 1.71. The van der Waals surface area contributed by atoms with Gasteiger partial charge in [-0.05, 0) is 18.6 Å². The number of benzene rings is 1. The molecule has 3 aliphatic rings. The zero-order valence-corrected chi connectivity index (χ0v) is 14.2. The molecule has 3 fully saturated rings. The van der Waals surface area contributed by atoms with E-state index < -0.39 is 11.5 Å². The average Bonchev–Trinajstić information content (AvgIpc) is 3.23. The van der Waals surface area contributed by atoms with Crippen LogP contribution in [0.25, 0.3) is 11.1 Å². The molecular formula is C18H19N3O5. The van der Waals surface area contributed by atoms with Crippen LogP contribution in [-0.4, -0.2) is 57.6 Å². The third kappa shape index (κ3) is 2.02. The smallest absolute Gasteiger partial charge is 0.408 e. The van der Waals surface area contributed by atoms with Crippen LogP contribution in [0.5, 0.6) is 0 Å². The van der Waals surface area contributed by atoms with Crippen LogP contribution in [0, 0.1) is 0 Å². The number of hydrogen-bond acceptors (Lipinski definition) is 5. The maximum atomic E-state index is 13.0. The predicted octanol–water partition coefficient (Wildman–Crippen LogP) is 0.544. The maximum Gasteiger partial charge on any atom is 0.420 e. The number of aromatic nitrogens is 1. The van der Waals surface area contributed by atoms with Gasteiger partial charge in [-0.2, -0.15) is 0 Å². The molecular weight excluding hydrogens is 338 g/mol. The third-order valence-corrected chi connectivity index (χ3v) is 5.80. The van der Waals surface area contributed by atoms with Crippen LogP contribution >= 0.6 is 0 Å². The Morgan fingerprint density at radius 1 is 1.23 bits per heavy atom. The number of likely N-dealkylation sites (tertiary alicyclic amines) is 1. The Morgan fingerprint density at radius 2 is 2.08 bits per heavy atom. The molecule has 8 heteroatoms. The molecule has 0 unspecified atom stereocenters. The summed E-state index contributed by atoms with van der Waals surface area (Å²) in [5.41, 5.74) is 0.382. The first-order valence-corrected chi connectivity index (χ1v) is 8.92. The first-order chi connectivity index (χ1) is 12.6. The number of nitrogens with zero attached hydrogens (tertiary/aromatic N) is 3.